The molecule has 1 aliphatic rings. The van der Waals surface area contributed by atoms with Crippen LogP contribution >= 0.6 is 0 Å². The Morgan fingerprint density at radius 2 is 1.69 bits per heavy atom. The second-order valence-electron chi connectivity index (χ2n) is 7.00. The third kappa shape index (κ3) is 4.94. The average molecular weight is 351 g/mol. The van der Waals surface area contributed by atoms with Gasteiger partial charge >= 0.3 is 5.97 Å². The van der Waals surface area contributed by atoms with E-state index in [2.05, 4.69) is 19.1 Å². The average Bonchev–Trinajstić information content (AvgIpc) is 2.67. The fourth-order valence-corrected chi connectivity index (χ4v) is 3.20. The van der Waals surface area contributed by atoms with E-state index in [1.165, 1.54) is 5.56 Å². The van der Waals surface area contributed by atoms with Crippen molar-refractivity contribution in [3.63, 3.8) is 0 Å². The van der Waals surface area contributed by atoms with Crippen molar-refractivity contribution in [3.8, 4) is 0 Å². The molecule has 1 amide bonds. The maximum Gasteiger partial charge on any atom is 0.338 e. The normalized spacial score (nSPS) is 14.9. The molecule has 1 heterocycles. The van der Waals surface area contributed by atoms with E-state index in [0.717, 1.165) is 37.9 Å². The first-order valence-electron chi connectivity index (χ1n) is 9.19. The van der Waals surface area contributed by atoms with Crippen LogP contribution in [-0.2, 0) is 16.0 Å². The van der Waals surface area contributed by atoms with Crippen LogP contribution in [0.5, 0.6) is 0 Å². The van der Waals surface area contributed by atoms with E-state index in [0.29, 0.717) is 11.5 Å². The summed E-state index contributed by atoms with van der Waals surface area (Å²) in [5.41, 5.74) is 2.72. The number of carbonyl (C=O) groups excluding carboxylic acids is 2. The summed E-state index contributed by atoms with van der Waals surface area (Å²) < 4.78 is 5.25. The molecule has 0 saturated carbocycles. The lowest BCUT2D eigenvalue weighted by molar-refractivity contribution is -0.135. The van der Waals surface area contributed by atoms with Crippen LogP contribution in [0, 0.1) is 5.92 Å². The zero-order valence-electron chi connectivity index (χ0n) is 15.2. The lowest BCUT2D eigenvalue weighted by atomic mass is 9.99. The smallest absolute Gasteiger partial charge is 0.338 e. The molecule has 1 fully saturated rings. The molecular weight excluding hydrogens is 326 g/mol. The molecule has 0 spiro atoms. The van der Waals surface area contributed by atoms with Gasteiger partial charge in [0.25, 0.3) is 5.91 Å². The quantitative estimate of drug-likeness (QED) is 0.772. The summed E-state index contributed by atoms with van der Waals surface area (Å²) in [4.78, 5) is 26.3. The Morgan fingerprint density at radius 1 is 1.00 bits per heavy atom. The highest BCUT2D eigenvalue weighted by molar-refractivity contribution is 5.91. The topological polar surface area (TPSA) is 46.6 Å². The molecule has 0 bridgehead atoms. The summed E-state index contributed by atoms with van der Waals surface area (Å²) in [5.74, 6) is 0.110. The van der Waals surface area contributed by atoms with E-state index in [9.17, 15) is 9.59 Å². The van der Waals surface area contributed by atoms with E-state index in [-0.39, 0.29) is 12.5 Å². The number of amides is 1. The Balaban J connectivity index is 1.54. The minimum absolute atomic E-state index is 0.106. The van der Waals surface area contributed by atoms with E-state index in [1.54, 1.807) is 11.0 Å². The Morgan fingerprint density at radius 3 is 2.42 bits per heavy atom. The molecule has 26 heavy (non-hydrogen) atoms. The SMILES string of the molecule is CC1CCN(C(=O)COC(=O)c2cccc(Cc3ccccc3)c2)CC1. The van der Waals surface area contributed by atoms with Crippen LogP contribution in [0.4, 0.5) is 0 Å². The summed E-state index contributed by atoms with van der Waals surface area (Å²) >= 11 is 0. The predicted molar refractivity (Wildman–Crippen MR) is 101 cm³/mol. The largest absolute Gasteiger partial charge is 0.452 e. The number of rotatable bonds is 5. The fourth-order valence-electron chi connectivity index (χ4n) is 3.20. The molecule has 2 aromatic carbocycles. The van der Waals surface area contributed by atoms with E-state index >= 15 is 0 Å². The Bertz CT molecular complexity index is 749. The van der Waals surface area contributed by atoms with Crippen LogP contribution in [0.1, 0.15) is 41.3 Å². The lowest BCUT2D eigenvalue weighted by Gasteiger charge is -2.30. The van der Waals surface area contributed by atoms with Crippen molar-refractivity contribution in [2.45, 2.75) is 26.2 Å². The molecule has 1 saturated heterocycles. The molecule has 0 radical (unpaired) electrons. The van der Waals surface area contributed by atoms with Crippen molar-refractivity contribution >= 4 is 11.9 Å². The van der Waals surface area contributed by atoms with Gasteiger partial charge in [0.15, 0.2) is 6.61 Å². The predicted octanol–water partition coefficient (Wildman–Crippen LogP) is 3.69. The second kappa shape index (κ2) is 8.65. The van der Waals surface area contributed by atoms with E-state index < -0.39 is 5.97 Å². The molecule has 0 N–H and O–H groups in total. The molecule has 0 atom stereocenters. The highest BCUT2D eigenvalue weighted by Gasteiger charge is 2.21. The van der Waals surface area contributed by atoms with Crippen molar-refractivity contribution in [1.29, 1.82) is 0 Å². The molecule has 1 aliphatic heterocycles. The highest BCUT2D eigenvalue weighted by atomic mass is 16.5. The van der Waals surface area contributed by atoms with Crippen molar-refractivity contribution < 1.29 is 14.3 Å². The number of piperidine rings is 1. The first-order chi connectivity index (χ1) is 12.6. The Kier molecular flexibility index (Phi) is 6.05. The Hall–Kier alpha value is -2.62. The number of hydrogen-bond donors (Lipinski definition) is 0. The number of likely N-dealkylation sites (tertiary alicyclic amines) is 1. The molecule has 4 heteroatoms. The fraction of sp³-hybridized carbons (Fsp3) is 0.364. The first kappa shape index (κ1) is 18.2. The minimum atomic E-state index is -0.446. The molecule has 4 nitrogen and oxygen atoms in total. The van der Waals surface area contributed by atoms with Crippen molar-refractivity contribution in [2.24, 2.45) is 5.92 Å². The zero-order valence-corrected chi connectivity index (χ0v) is 15.2. The van der Waals surface area contributed by atoms with Gasteiger partial charge in [-0.15, -0.1) is 0 Å². The van der Waals surface area contributed by atoms with Crippen LogP contribution in [-0.4, -0.2) is 36.5 Å². The van der Waals surface area contributed by atoms with Gasteiger partial charge in [-0.1, -0.05) is 49.4 Å². The van der Waals surface area contributed by atoms with Crippen LogP contribution < -0.4 is 0 Å². The van der Waals surface area contributed by atoms with Crippen LogP contribution in [0.2, 0.25) is 0 Å². The standard InChI is InChI=1S/C22H25NO3/c1-17-10-12-23(13-11-17)21(24)16-26-22(25)20-9-5-8-19(15-20)14-18-6-3-2-4-7-18/h2-9,15,17H,10-14,16H2,1H3. The third-order valence-corrected chi connectivity index (χ3v) is 4.88. The van der Waals surface area contributed by atoms with Gasteiger partial charge in [0.1, 0.15) is 0 Å². The van der Waals surface area contributed by atoms with Crippen molar-refractivity contribution in [2.75, 3.05) is 19.7 Å². The van der Waals surface area contributed by atoms with Crippen LogP contribution in [0.25, 0.3) is 0 Å². The van der Waals surface area contributed by atoms with Gasteiger partial charge < -0.3 is 9.64 Å². The van der Waals surface area contributed by atoms with Gasteiger partial charge in [0.2, 0.25) is 0 Å². The molecule has 0 aromatic heterocycles. The highest BCUT2D eigenvalue weighted by Crippen LogP contribution is 2.16. The van der Waals surface area contributed by atoms with E-state index in [4.69, 9.17) is 4.74 Å². The molecule has 0 aliphatic carbocycles. The molecular formula is C22H25NO3. The van der Waals surface area contributed by atoms with Crippen LogP contribution in [0.15, 0.2) is 54.6 Å². The third-order valence-electron chi connectivity index (χ3n) is 4.88. The molecule has 2 aromatic rings. The van der Waals surface area contributed by atoms with Gasteiger partial charge in [0, 0.05) is 13.1 Å². The van der Waals surface area contributed by atoms with Gasteiger partial charge in [-0.3, -0.25) is 4.79 Å². The second-order valence-corrected chi connectivity index (χ2v) is 7.00. The summed E-state index contributed by atoms with van der Waals surface area (Å²) in [6.45, 7) is 3.52. The first-order valence-corrected chi connectivity index (χ1v) is 9.19. The summed E-state index contributed by atoms with van der Waals surface area (Å²) in [6, 6.07) is 17.5. The van der Waals surface area contributed by atoms with Gasteiger partial charge in [0.05, 0.1) is 5.56 Å². The van der Waals surface area contributed by atoms with Crippen molar-refractivity contribution in [1.82, 2.24) is 4.90 Å². The maximum atomic E-state index is 12.3. The number of benzene rings is 2. The molecule has 0 unspecified atom stereocenters. The van der Waals surface area contributed by atoms with Crippen LogP contribution in [0.3, 0.4) is 0 Å². The number of nitrogens with zero attached hydrogens (tertiary/aromatic N) is 1. The van der Waals surface area contributed by atoms with E-state index in [1.807, 2.05) is 36.4 Å². The van der Waals surface area contributed by atoms with Crippen molar-refractivity contribution in [3.05, 3.63) is 71.3 Å². The monoisotopic (exact) mass is 351 g/mol. The summed E-state index contributed by atoms with van der Waals surface area (Å²) in [5, 5.41) is 0. The number of esters is 1. The van der Waals surface area contributed by atoms with Gasteiger partial charge in [-0.05, 0) is 48.4 Å². The summed E-state index contributed by atoms with van der Waals surface area (Å²) in [6.07, 6.45) is 2.79. The minimum Gasteiger partial charge on any atom is -0.452 e. The van der Waals surface area contributed by atoms with Gasteiger partial charge in [-0.2, -0.15) is 0 Å². The maximum absolute atomic E-state index is 12.3. The number of ether oxygens (including phenoxy) is 1. The summed E-state index contributed by atoms with van der Waals surface area (Å²) in [7, 11) is 0. The number of hydrogen-bond acceptors (Lipinski definition) is 3. The number of carbonyl (C=O) groups is 2. The Labute approximate surface area is 154 Å². The zero-order chi connectivity index (χ0) is 18.4. The molecule has 136 valence electrons. The lowest BCUT2D eigenvalue weighted by Crippen LogP contribution is -2.40. The van der Waals surface area contributed by atoms with Gasteiger partial charge in [-0.25, -0.2) is 4.79 Å². The molecule has 3 rings (SSSR count).